The fourth-order valence-electron chi connectivity index (χ4n) is 1.66. The van der Waals surface area contributed by atoms with Crippen molar-refractivity contribution in [3.63, 3.8) is 0 Å². The molecule has 0 amide bonds. The largest absolute Gasteiger partial charge is 0.493 e. The molecule has 2 rings (SSSR count). The summed E-state index contributed by atoms with van der Waals surface area (Å²) in [5.74, 6) is -1.11. The average molecular weight is 327 g/mol. The van der Waals surface area contributed by atoms with Crippen molar-refractivity contribution < 1.29 is 23.1 Å². The minimum Gasteiger partial charge on any atom is -0.493 e. The van der Waals surface area contributed by atoms with Crippen molar-refractivity contribution in [1.29, 1.82) is 0 Å². The molecule has 8 heteroatoms. The first-order valence-corrected chi connectivity index (χ1v) is 8.42. The van der Waals surface area contributed by atoms with Crippen LogP contribution in [-0.4, -0.2) is 26.1 Å². The van der Waals surface area contributed by atoms with Crippen LogP contribution in [-0.2, 0) is 10.0 Å². The maximum atomic E-state index is 12.2. The molecule has 0 radical (unpaired) electrons. The fraction of sp³-hybridized carbons (Fsp3) is 0.154. The van der Waals surface area contributed by atoms with Crippen LogP contribution in [0, 0.1) is 0 Å². The quantitative estimate of drug-likeness (QED) is 0.851. The van der Waals surface area contributed by atoms with Gasteiger partial charge in [-0.3, -0.25) is 4.72 Å². The van der Waals surface area contributed by atoms with E-state index in [1.165, 1.54) is 23.5 Å². The number of rotatable bonds is 6. The van der Waals surface area contributed by atoms with Gasteiger partial charge in [-0.1, -0.05) is 0 Å². The molecule has 0 unspecified atom stereocenters. The SMILES string of the molecule is CCOc1ccc(S(=O)(=O)Nc2ccsc2)cc1C(=O)O. The first-order valence-electron chi connectivity index (χ1n) is 5.99. The number of hydrogen-bond acceptors (Lipinski definition) is 5. The summed E-state index contributed by atoms with van der Waals surface area (Å²) < 4.78 is 32.0. The van der Waals surface area contributed by atoms with Crippen molar-refractivity contribution in [2.45, 2.75) is 11.8 Å². The lowest BCUT2D eigenvalue weighted by molar-refractivity contribution is 0.0692. The molecule has 1 heterocycles. The molecule has 21 heavy (non-hydrogen) atoms. The summed E-state index contributed by atoms with van der Waals surface area (Å²) in [6.07, 6.45) is 0. The zero-order valence-electron chi connectivity index (χ0n) is 11.1. The van der Waals surface area contributed by atoms with Crippen molar-refractivity contribution >= 4 is 33.0 Å². The van der Waals surface area contributed by atoms with E-state index >= 15 is 0 Å². The molecule has 2 N–H and O–H groups in total. The van der Waals surface area contributed by atoms with Crippen LogP contribution >= 0.6 is 11.3 Å². The summed E-state index contributed by atoms with van der Waals surface area (Å²) in [7, 11) is -3.83. The Kier molecular flexibility index (Phi) is 4.49. The van der Waals surface area contributed by atoms with Crippen LogP contribution in [0.15, 0.2) is 39.9 Å². The van der Waals surface area contributed by atoms with Gasteiger partial charge in [0, 0.05) is 5.38 Å². The third kappa shape index (κ3) is 3.53. The standard InChI is InChI=1S/C13H13NO5S2/c1-2-19-12-4-3-10(7-11(12)13(15)16)21(17,18)14-9-5-6-20-8-9/h3-8,14H,2H2,1H3,(H,15,16). The van der Waals surface area contributed by atoms with Gasteiger partial charge in [-0.05, 0) is 36.6 Å². The number of hydrogen-bond donors (Lipinski definition) is 2. The van der Waals surface area contributed by atoms with E-state index in [-0.39, 0.29) is 16.2 Å². The average Bonchev–Trinajstić information content (AvgIpc) is 2.91. The molecule has 112 valence electrons. The molecule has 0 atom stereocenters. The number of carboxylic acid groups (broad SMARTS) is 1. The maximum Gasteiger partial charge on any atom is 0.339 e. The number of benzene rings is 1. The second kappa shape index (κ2) is 6.15. The van der Waals surface area contributed by atoms with Crippen molar-refractivity contribution in [2.24, 2.45) is 0 Å². The van der Waals surface area contributed by atoms with E-state index in [0.717, 1.165) is 6.07 Å². The van der Waals surface area contributed by atoms with Crippen molar-refractivity contribution in [1.82, 2.24) is 0 Å². The molecule has 0 aliphatic heterocycles. The van der Waals surface area contributed by atoms with E-state index in [4.69, 9.17) is 9.84 Å². The Labute approximate surface area is 126 Å². The van der Waals surface area contributed by atoms with Crippen molar-refractivity contribution in [3.05, 3.63) is 40.6 Å². The molecule has 2 aromatic rings. The number of carboxylic acids is 1. The van der Waals surface area contributed by atoms with E-state index < -0.39 is 16.0 Å². The number of carbonyl (C=O) groups is 1. The van der Waals surface area contributed by atoms with Gasteiger partial charge in [-0.2, -0.15) is 11.3 Å². The normalized spacial score (nSPS) is 11.1. The van der Waals surface area contributed by atoms with Gasteiger partial charge in [0.2, 0.25) is 0 Å². The zero-order valence-corrected chi connectivity index (χ0v) is 12.7. The van der Waals surface area contributed by atoms with Crippen LogP contribution in [0.4, 0.5) is 5.69 Å². The molecule has 0 bridgehead atoms. The van der Waals surface area contributed by atoms with E-state index in [2.05, 4.69) is 4.72 Å². The lowest BCUT2D eigenvalue weighted by Crippen LogP contribution is -2.14. The highest BCUT2D eigenvalue weighted by Crippen LogP contribution is 2.25. The van der Waals surface area contributed by atoms with Crippen LogP contribution in [0.3, 0.4) is 0 Å². The third-order valence-electron chi connectivity index (χ3n) is 2.56. The minimum atomic E-state index is -3.83. The summed E-state index contributed by atoms with van der Waals surface area (Å²) in [6, 6.07) is 5.36. The predicted molar refractivity (Wildman–Crippen MR) is 79.7 cm³/mol. The second-order valence-corrected chi connectivity index (χ2v) is 6.48. The molecule has 0 aliphatic rings. The van der Waals surface area contributed by atoms with Crippen molar-refractivity contribution in [2.75, 3.05) is 11.3 Å². The van der Waals surface area contributed by atoms with Gasteiger partial charge in [0.25, 0.3) is 10.0 Å². The van der Waals surface area contributed by atoms with Crippen LogP contribution < -0.4 is 9.46 Å². The second-order valence-electron chi connectivity index (χ2n) is 4.01. The Hall–Kier alpha value is -2.06. The molecular formula is C13H13NO5S2. The van der Waals surface area contributed by atoms with Crippen molar-refractivity contribution in [3.8, 4) is 5.75 Å². The summed E-state index contributed by atoms with van der Waals surface area (Å²) in [5.41, 5.74) is 0.246. The topological polar surface area (TPSA) is 92.7 Å². The first kappa shape index (κ1) is 15.3. The van der Waals surface area contributed by atoms with E-state index in [0.29, 0.717) is 12.3 Å². The molecule has 0 saturated carbocycles. The molecule has 1 aromatic heterocycles. The Morgan fingerprint density at radius 3 is 2.71 bits per heavy atom. The van der Waals surface area contributed by atoms with Crippen LogP contribution in [0.25, 0.3) is 0 Å². The van der Waals surface area contributed by atoms with Gasteiger partial charge < -0.3 is 9.84 Å². The molecule has 0 fully saturated rings. The Morgan fingerprint density at radius 2 is 2.14 bits per heavy atom. The Bertz CT molecular complexity index is 738. The Morgan fingerprint density at radius 1 is 1.38 bits per heavy atom. The third-order valence-corrected chi connectivity index (χ3v) is 4.63. The smallest absolute Gasteiger partial charge is 0.339 e. The van der Waals surface area contributed by atoms with Crippen LogP contribution in [0.1, 0.15) is 17.3 Å². The highest BCUT2D eigenvalue weighted by molar-refractivity contribution is 7.92. The number of sulfonamides is 1. The van der Waals surface area contributed by atoms with Crippen LogP contribution in [0.2, 0.25) is 0 Å². The summed E-state index contributed by atoms with van der Waals surface area (Å²) in [6.45, 7) is 2.01. The number of anilines is 1. The highest BCUT2D eigenvalue weighted by Gasteiger charge is 2.19. The van der Waals surface area contributed by atoms with Crippen LogP contribution in [0.5, 0.6) is 5.75 Å². The molecular weight excluding hydrogens is 314 g/mol. The number of aromatic carboxylic acids is 1. The Balaban J connectivity index is 2.39. The number of ether oxygens (including phenoxy) is 1. The summed E-state index contributed by atoms with van der Waals surface area (Å²) >= 11 is 1.35. The summed E-state index contributed by atoms with van der Waals surface area (Å²) in [4.78, 5) is 11.1. The van der Waals surface area contributed by atoms with Gasteiger partial charge in [0.05, 0.1) is 17.2 Å². The van der Waals surface area contributed by atoms with E-state index in [1.54, 1.807) is 23.8 Å². The van der Waals surface area contributed by atoms with Gasteiger partial charge in [-0.15, -0.1) is 0 Å². The molecule has 0 saturated heterocycles. The first-order chi connectivity index (χ1) is 9.94. The van der Waals surface area contributed by atoms with Gasteiger partial charge in [0.15, 0.2) is 0 Å². The monoisotopic (exact) mass is 327 g/mol. The van der Waals surface area contributed by atoms with Gasteiger partial charge in [0.1, 0.15) is 11.3 Å². The van der Waals surface area contributed by atoms with E-state index in [9.17, 15) is 13.2 Å². The fourth-order valence-corrected chi connectivity index (χ4v) is 3.40. The van der Waals surface area contributed by atoms with Gasteiger partial charge >= 0.3 is 5.97 Å². The maximum absolute atomic E-state index is 12.2. The number of thiophene rings is 1. The lowest BCUT2D eigenvalue weighted by atomic mass is 10.2. The molecule has 0 aliphatic carbocycles. The lowest BCUT2D eigenvalue weighted by Gasteiger charge is -2.10. The molecule has 1 aromatic carbocycles. The summed E-state index contributed by atoms with van der Waals surface area (Å²) in [5, 5.41) is 12.5. The molecule has 0 spiro atoms. The minimum absolute atomic E-state index is 0.130. The molecule has 6 nitrogen and oxygen atoms in total. The number of nitrogens with one attached hydrogen (secondary N) is 1. The predicted octanol–water partition coefficient (Wildman–Crippen LogP) is 2.65. The van der Waals surface area contributed by atoms with E-state index in [1.807, 2.05) is 0 Å². The van der Waals surface area contributed by atoms with Gasteiger partial charge in [-0.25, -0.2) is 13.2 Å². The highest BCUT2D eigenvalue weighted by atomic mass is 32.2. The zero-order chi connectivity index (χ0) is 15.5.